The van der Waals surface area contributed by atoms with Crippen LogP contribution in [0.25, 0.3) is 33.5 Å². The number of nitrogens with zero attached hydrogens (tertiary/aromatic N) is 2. The molecule has 4 rings (SSSR count). The zero-order valence-electron chi connectivity index (χ0n) is 18.5. The molecule has 1 amide bonds. The van der Waals surface area contributed by atoms with Gasteiger partial charge in [-0.25, -0.2) is 4.98 Å². The SMILES string of the molecule is CC(C)(C(N)=O)c1cc(-c2nc3ccc(C(=N)N)cc3[nH]2)c(O)c(-c2cc(C#N)ccc2O)c1. The van der Waals surface area contributed by atoms with Gasteiger partial charge in [0, 0.05) is 16.7 Å². The Bertz CT molecular complexity index is 1530. The normalized spacial score (nSPS) is 11.3. The van der Waals surface area contributed by atoms with Crippen molar-refractivity contribution in [2.24, 2.45) is 11.5 Å². The van der Waals surface area contributed by atoms with Gasteiger partial charge in [0.05, 0.1) is 33.6 Å². The largest absolute Gasteiger partial charge is 0.507 e. The second-order valence-corrected chi connectivity index (χ2v) is 8.48. The predicted molar refractivity (Wildman–Crippen MR) is 128 cm³/mol. The van der Waals surface area contributed by atoms with Crippen LogP contribution < -0.4 is 11.5 Å². The van der Waals surface area contributed by atoms with Crippen LogP contribution in [0, 0.1) is 16.7 Å². The number of amidine groups is 1. The second kappa shape index (κ2) is 7.94. The quantitative estimate of drug-likeness (QED) is 0.198. The number of hydrogen-bond donors (Lipinski definition) is 6. The third-order valence-corrected chi connectivity index (χ3v) is 5.91. The van der Waals surface area contributed by atoms with Crippen LogP contribution in [0.4, 0.5) is 0 Å². The van der Waals surface area contributed by atoms with E-state index in [1.807, 2.05) is 6.07 Å². The van der Waals surface area contributed by atoms with E-state index < -0.39 is 11.3 Å². The number of carbonyl (C=O) groups excluding carboxylic acids is 1. The van der Waals surface area contributed by atoms with Gasteiger partial charge >= 0.3 is 0 Å². The van der Waals surface area contributed by atoms with Crippen LogP contribution in [0.2, 0.25) is 0 Å². The van der Waals surface area contributed by atoms with Crippen molar-refractivity contribution >= 4 is 22.8 Å². The molecule has 0 fully saturated rings. The number of nitriles is 1. The molecule has 34 heavy (non-hydrogen) atoms. The molecule has 0 unspecified atom stereocenters. The lowest BCUT2D eigenvalue weighted by atomic mass is 9.81. The molecule has 9 heteroatoms. The fourth-order valence-electron chi connectivity index (χ4n) is 3.65. The van der Waals surface area contributed by atoms with E-state index in [0.29, 0.717) is 28.0 Å². The lowest BCUT2D eigenvalue weighted by molar-refractivity contribution is -0.122. The molecule has 8 N–H and O–H groups in total. The lowest BCUT2D eigenvalue weighted by Gasteiger charge is -2.23. The Morgan fingerprint density at radius 1 is 1.06 bits per heavy atom. The number of primary amides is 1. The first kappa shape index (κ1) is 22.4. The molecule has 9 nitrogen and oxygen atoms in total. The van der Waals surface area contributed by atoms with E-state index in [-0.39, 0.29) is 39.6 Å². The minimum atomic E-state index is -1.12. The van der Waals surface area contributed by atoms with E-state index in [9.17, 15) is 20.3 Å². The number of imidazole rings is 1. The minimum Gasteiger partial charge on any atom is -0.507 e. The highest BCUT2D eigenvalue weighted by atomic mass is 16.3. The number of H-pyrrole nitrogens is 1. The van der Waals surface area contributed by atoms with Crippen molar-refractivity contribution in [1.82, 2.24) is 9.97 Å². The molecule has 4 aromatic rings. The summed E-state index contributed by atoms with van der Waals surface area (Å²) in [5.74, 6) is -0.736. The molecule has 0 spiro atoms. The first-order valence-corrected chi connectivity index (χ1v) is 10.3. The topological polar surface area (TPSA) is 186 Å². The van der Waals surface area contributed by atoms with Crippen molar-refractivity contribution in [2.75, 3.05) is 0 Å². The molecule has 0 aliphatic heterocycles. The average molecular weight is 454 g/mol. The number of aromatic amines is 1. The molecule has 0 radical (unpaired) electrons. The Morgan fingerprint density at radius 2 is 1.76 bits per heavy atom. The second-order valence-electron chi connectivity index (χ2n) is 8.48. The number of benzene rings is 3. The summed E-state index contributed by atoms with van der Waals surface area (Å²) in [6.07, 6.45) is 0. The fourth-order valence-corrected chi connectivity index (χ4v) is 3.65. The summed E-state index contributed by atoms with van der Waals surface area (Å²) in [5, 5.41) is 38.7. The van der Waals surface area contributed by atoms with E-state index in [4.69, 9.17) is 16.9 Å². The number of phenols is 2. The number of fused-ring (bicyclic) bond motifs is 1. The summed E-state index contributed by atoms with van der Waals surface area (Å²) in [6.45, 7) is 3.30. The van der Waals surface area contributed by atoms with Gasteiger partial charge in [-0.15, -0.1) is 0 Å². The molecule has 0 saturated heterocycles. The van der Waals surface area contributed by atoms with E-state index in [1.54, 1.807) is 44.2 Å². The molecule has 0 aliphatic rings. The molecule has 0 saturated carbocycles. The van der Waals surface area contributed by atoms with Crippen LogP contribution in [-0.2, 0) is 10.2 Å². The molecule has 170 valence electrons. The highest BCUT2D eigenvalue weighted by molar-refractivity contribution is 5.98. The molecule has 0 atom stereocenters. The Morgan fingerprint density at radius 3 is 2.41 bits per heavy atom. The maximum Gasteiger partial charge on any atom is 0.227 e. The number of rotatable bonds is 5. The molecule has 0 aliphatic carbocycles. The highest BCUT2D eigenvalue weighted by Crippen LogP contribution is 2.44. The summed E-state index contributed by atoms with van der Waals surface area (Å²) in [6, 6.07) is 14.5. The van der Waals surface area contributed by atoms with Gasteiger partial charge in [-0.2, -0.15) is 5.26 Å². The summed E-state index contributed by atoms with van der Waals surface area (Å²) in [7, 11) is 0. The third kappa shape index (κ3) is 3.67. The predicted octanol–water partition coefficient (Wildman–Crippen LogP) is 3.23. The summed E-state index contributed by atoms with van der Waals surface area (Å²) in [5.41, 5.74) is 13.3. The maximum absolute atomic E-state index is 12.2. The van der Waals surface area contributed by atoms with Crippen LogP contribution >= 0.6 is 0 Å². The maximum atomic E-state index is 12.2. The standard InChI is InChI=1S/C25H22N6O3/c1-25(2,24(29)34)14-9-16(15-7-12(11-26)3-6-20(15)32)21(33)17(10-14)23-30-18-5-4-13(22(27)28)8-19(18)31-23/h3-10,32-33H,1-2H3,(H3,27,28)(H2,29,34)(H,30,31). The van der Waals surface area contributed by atoms with Crippen molar-refractivity contribution in [3.05, 3.63) is 65.2 Å². The molecule has 0 bridgehead atoms. The number of aromatic nitrogens is 2. The molecule has 3 aromatic carbocycles. The van der Waals surface area contributed by atoms with Crippen LogP contribution in [-0.4, -0.2) is 31.9 Å². The number of nitrogens with two attached hydrogens (primary N) is 2. The van der Waals surface area contributed by atoms with Crippen LogP contribution in [0.1, 0.15) is 30.5 Å². The number of nitrogens with one attached hydrogen (secondary N) is 2. The van der Waals surface area contributed by atoms with Gasteiger partial charge in [-0.3, -0.25) is 10.2 Å². The number of aromatic hydroxyl groups is 2. The Labute approximate surface area is 194 Å². The first-order chi connectivity index (χ1) is 16.0. The highest BCUT2D eigenvalue weighted by Gasteiger charge is 2.30. The van der Waals surface area contributed by atoms with Gasteiger partial charge in [-0.1, -0.05) is 0 Å². The Kier molecular flexibility index (Phi) is 5.22. The number of phenolic OH excluding ortho intramolecular Hbond substituents is 2. The average Bonchev–Trinajstić information content (AvgIpc) is 3.22. The Hall–Kier alpha value is -4.84. The van der Waals surface area contributed by atoms with Crippen molar-refractivity contribution in [3.8, 4) is 40.1 Å². The van der Waals surface area contributed by atoms with Crippen LogP contribution in [0.15, 0.2) is 48.5 Å². The van der Waals surface area contributed by atoms with E-state index >= 15 is 0 Å². The summed E-state index contributed by atoms with van der Waals surface area (Å²) < 4.78 is 0. The fraction of sp³-hybridized carbons (Fsp3) is 0.120. The zero-order chi connectivity index (χ0) is 24.8. The molecule has 1 heterocycles. The van der Waals surface area contributed by atoms with Gasteiger partial charge in [0.15, 0.2) is 0 Å². The number of hydrogen-bond acceptors (Lipinski definition) is 6. The third-order valence-electron chi connectivity index (χ3n) is 5.91. The molecule has 1 aromatic heterocycles. The number of carbonyl (C=O) groups is 1. The van der Waals surface area contributed by atoms with Gasteiger partial charge in [0.2, 0.25) is 5.91 Å². The van der Waals surface area contributed by atoms with Gasteiger partial charge in [0.1, 0.15) is 23.2 Å². The van der Waals surface area contributed by atoms with Crippen LogP contribution in [0.3, 0.4) is 0 Å². The van der Waals surface area contributed by atoms with E-state index in [0.717, 1.165) is 0 Å². The van der Waals surface area contributed by atoms with Crippen molar-refractivity contribution < 1.29 is 15.0 Å². The van der Waals surface area contributed by atoms with Crippen molar-refractivity contribution in [1.29, 1.82) is 10.7 Å². The monoisotopic (exact) mass is 454 g/mol. The smallest absolute Gasteiger partial charge is 0.227 e. The van der Waals surface area contributed by atoms with Crippen LogP contribution in [0.5, 0.6) is 11.5 Å². The van der Waals surface area contributed by atoms with Gasteiger partial charge in [-0.05, 0) is 67.9 Å². The zero-order valence-corrected chi connectivity index (χ0v) is 18.5. The van der Waals surface area contributed by atoms with E-state index in [1.165, 1.54) is 18.2 Å². The number of nitrogen functional groups attached to an aromatic ring is 1. The number of amides is 1. The van der Waals surface area contributed by atoms with Gasteiger partial charge < -0.3 is 26.7 Å². The van der Waals surface area contributed by atoms with Gasteiger partial charge in [0.25, 0.3) is 0 Å². The molecular weight excluding hydrogens is 432 g/mol. The van der Waals surface area contributed by atoms with Crippen molar-refractivity contribution in [2.45, 2.75) is 19.3 Å². The first-order valence-electron chi connectivity index (χ1n) is 10.3. The lowest BCUT2D eigenvalue weighted by Crippen LogP contribution is -2.35. The van der Waals surface area contributed by atoms with E-state index in [2.05, 4.69) is 9.97 Å². The molecular formula is C25H22N6O3. The minimum absolute atomic E-state index is 0.0961. The summed E-state index contributed by atoms with van der Waals surface area (Å²) >= 11 is 0. The Balaban J connectivity index is 2.03. The van der Waals surface area contributed by atoms with Crippen molar-refractivity contribution in [3.63, 3.8) is 0 Å². The summed E-state index contributed by atoms with van der Waals surface area (Å²) in [4.78, 5) is 19.9.